The largest absolute Gasteiger partial charge is 0.351 e. The minimum atomic E-state index is 0.722. The fraction of sp³-hybridized carbons (Fsp3) is 0.647. The second kappa shape index (κ2) is 8.01. The van der Waals surface area contributed by atoms with Crippen LogP contribution in [0.25, 0.3) is 0 Å². The van der Waals surface area contributed by atoms with E-state index in [2.05, 4.69) is 34.2 Å². The van der Waals surface area contributed by atoms with Crippen molar-refractivity contribution < 1.29 is 0 Å². The molecule has 0 amide bonds. The van der Waals surface area contributed by atoms with Gasteiger partial charge in [0.2, 0.25) is 0 Å². The third-order valence-electron chi connectivity index (χ3n) is 4.39. The highest BCUT2D eigenvalue weighted by Crippen LogP contribution is 2.28. The van der Waals surface area contributed by atoms with Gasteiger partial charge in [0, 0.05) is 26.8 Å². The number of hydrogen-bond acceptors (Lipinski definition) is 2. The van der Waals surface area contributed by atoms with Gasteiger partial charge in [0.1, 0.15) is 0 Å². The van der Waals surface area contributed by atoms with Gasteiger partial charge in [-0.15, -0.1) is 0 Å². The maximum Gasteiger partial charge on any atom is 0.193 e. The van der Waals surface area contributed by atoms with Gasteiger partial charge >= 0.3 is 0 Å². The molecule has 4 nitrogen and oxygen atoms in total. The van der Waals surface area contributed by atoms with Crippen molar-refractivity contribution >= 4 is 5.96 Å². The van der Waals surface area contributed by atoms with Crippen molar-refractivity contribution in [1.29, 1.82) is 0 Å². The van der Waals surface area contributed by atoms with E-state index in [0.717, 1.165) is 36.6 Å². The smallest absolute Gasteiger partial charge is 0.193 e. The molecule has 0 spiro atoms. The first kappa shape index (κ1) is 15.8. The minimum absolute atomic E-state index is 0.722. The third kappa shape index (κ3) is 5.03. The van der Waals surface area contributed by atoms with Crippen LogP contribution >= 0.6 is 0 Å². The van der Waals surface area contributed by atoms with Crippen LogP contribution in [0.15, 0.2) is 29.4 Å². The van der Waals surface area contributed by atoms with Crippen molar-refractivity contribution in [3.63, 3.8) is 0 Å². The Hall–Kier alpha value is -1.58. The van der Waals surface area contributed by atoms with Crippen LogP contribution in [-0.4, -0.2) is 36.5 Å². The highest BCUT2D eigenvalue weighted by molar-refractivity contribution is 5.79. The molecule has 1 aliphatic rings. The molecule has 1 aromatic heterocycles. The van der Waals surface area contributed by atoms with Gasteiger partial charge in [-0.3, -0.25) is 9.98 Å². The summed E-state index contributed by atoms with van der Waals surface area (Å²) in [6.45, 7) is 4.18. The molecule has 0 aromatic carbocycles. The Morgan fingerprint density at radius 3 is 2.71 bits per heavy atom. The molecular weight excluding hydrogens is 260 g/mol. The van der Waals surface area contributed by atoms with E-state index in [1.165, 1.54) is 25.7 Å². The van der Waals surface area contributed by atoms with Gasteiger partial charge in [0.15, 0.2) is 5.96 Å². The van der Waals surface area contributed by atoms with Crippen LogP contribution in [0.5, 0.6) is 0 Å². The molecule has 1 heterocycles. The minimum Gasteiger partial charge on any atom is -0.351 e. The molecule has 21 heavy (non-hydrogen) atoms. The van der Waals surface area contributed by atoms with Crippen molar-refractivity contribution in [2.45, 2.75) is 39.2 Å². The monoisotopic (exact) mass is 288 g/mol. The van der Waals surface area contributed by atoms with Gasteiger partial charge in [-0.2, -0.15) is 0 Å². The summed E-state index contributed by atoms with van der Waals surface area (Å²) in [5.41, 5.74) is 1.04. The van der Waals surface area contributed by atoms with E-state index in [-0.39, 0.29) is 0 Å². The lowest BCUT2D eigenvalue weighted by molar-refractivity contribution is 0.250. The lowest BCUT2D eigenvalue weighted by Crippen LogP contribution is -2.41. The number of nitrogens with zero attached hydrogens (tertiary/aromatic N) is 3. The Kier molecular flexibility index (Phi) is 6.03. The fourth-order valence-electron chi connectivity index (χ4n) is 3.04. The molecule has 0 atom stereocenters. The highest BCUT2D eigenvalue weighted by Gasteiger charge is 2.20. The summed E-state index contributed by atoms with van der Waals surface area (Å²) in [6.07, 6.45) is 7.27. The summed E-state index contributed by atoms with van der Waals surface area (Å²) >= 11 is 0. The molecule has 116 valence electrons. The average Bonchev–Trinajstić information content (AvgIpc) is 2.51. The van der Waals surface area contributed by atoms with Gasteiger partial charge in [-0.05, 0) is 36.8 Å². The lowest BCUT2D eigenvalue weighted by Gasteiger charge is -2.31. The van der Waals surface area contributed by atoms with Gasteiger partial charge in [0.05, 0.1) is 12.2 Å². The van der Waals surface area contributed by atoms with Crippen molar-refractivity contribution in [2.75, 3.05) is 20.6 Å². The average molecular weight is 288 g/mol. The van der Waals surface area contributed by atoms with E-state index < -0.39 is 0 Å². The predicted molar refractivity (Wildman–Crippen MR) is 88.2 cm³/mol. The summed E-state index contributed by atoms with van der Waals surface area (Å²) in [6, 6.07) is 5.98. The van der Waals surface area contributed by atoms with E-state index in [9.17, 15) is 0 Å². The highest BCUT2D eigenvalue weighted by atomic mass is 15.3. The zero-order valence-electron chi connectivity index (χ0n) is 13.5. The first-order chi connectivity index (χ1) is 10.2. The summed E-state index contributed by atoms with van der Waals surface area (Å²) in [5, 5.41) is 3.40. The molecular formula is C17H28N4. The molecule has 4 heteroatoms. The Balaban J connectivity index is 1.80. The van der Waals surface area contributed by atoms with Crippen molar-refractivity contribution in [1.82, 2.24) is 15.2 Å². The van der Waals surface area contributed by atoms with Crippen LogP contribution in [0, 0.1) is 11.8 Å². The van der Waals surface area contributed by atoms with E-state index in [1.807, 2.05) is 31.4 Å². The third-order valence-corrected chi connectivity index (χ3v) is 4.39. The van der Waals surface area contributed by atoms with Crippen LogP contribution in [0.4, 0.5) is 0 Å². The van der Waals surface area contributed by atoms with Crippen LogP contribution in [-0.2, 0) is 6.54 Å². The van der Waals surface area contributed by atoms with Crippen molar-refractivity contribution in [2.24, 2.45) is 16.8 Å². The number of guanidine groups is 1. The van der Waals surface area contributed by atoms with Gasteiger partial charge in [0.25, 0.3) is 0 Å². The van der Waals surface area contributed by atoms with E-state index >= 15 is 0 Å². The molecule has 2 rings (SSSR count). The molecule has 0 bridgehead atoms. The number of nitrogens with one attached hydrogen (secondary N) is 1. The van der Waals surface area contributed by atoms with Crippen molar-refractivity contribution in [3.05, 3.63) is 30.1 Å². The van der Waals surface area contributed by atoms with Gasteiger partial charge in [-0.25, -0.2) is 0 Å². The second-order valence-corrected chi connectivity index (χ2v) is 6.23. The molecule has 1 N–H and O–H groups in total. The summed E-state index contributed by atoms with van der Waals surface area (Å²) in [4.78, 5) is 11.0. The van der Waals surface area contributed by atoms with Gasteiger partial charge in [-0.1, -0.05) is 25.8 Å². The topological polar surface area (TPSA) is 40.5 Å². The Morgan fingerprint density at radius 2 is 2.10 bits per heavy atom. The van der Waals surface area contributed by atoms with E-state index in [4.69, 9.17) is 0 Å². The Bertz CT molecular complexity index is 435. The summed E-state index contributed by atoms with van der Waals surface area (Å²) < 4.78 is 0. The number of aromatic nitrogens is 1. The fourth-order valence-corrected chi connectivity index (χ4v) is 3.04. The van der Waals surface area contributed by atoms with Crippen LogP contribution < -0.4 is 5.32 Å². The number of pyridine rings is 1. The second-order valence-electron chi connectivity index (χ2n) is 6.23. The summed E-state index contributed by atoms with van der Waals surface area (Å²) in [7, 11) is 3.98. The molecule has 1 aromatic rings. The Morgan fingerprint density at radius 1 is 1.33 bits per heavy atom. The number of hydrogen-bond donors (Lipinski definition) is 1. The van der Waals surface area contributed by atoms with Crippen LogP contribution in [0.2, 0.25) is 0 Å². The van der Waals surface area contributed by atoms with E-state index in [1.54, 1.807) is 0 Å². The van der Waals surface area contributed by atoms with E-state index in [0.29, 0.717) is 0 Å². The molecule has 1 aliphatic carbocycles. The first-order valence-corrected chi connectivity index (χ1v) is 8.00. The molecule has 0 saturated heterocycles. The maximum atomic E-state index is 4.39. The Labute approximate surface area is 128 Å². The quantitative estimate of drug-likeness (QED) is 0.684. The molecule has 0 unspecified atom stereocenters. The zero-order valence-corrected chi connectivity index (χ0v) is 13.5. The molecule has 1 saturated carbocycles. The van der Waals surface area contributed by atoms with Crippen LogP contribution in [0.3, 0.4) is 0 Å². The number of aliphatic imine (C=N–C) groups is 1. The van der Waals surface area contributed by atoms with Crippen molar-refractivity contribution in [3.8, 4) is 0 Å². The summed E-state index contributed by atoms with van der Waals surface area (Å²) in [5.74, 6) is 2.67. The van der Waals surface area contributed by atoms with Crippen LogP contribution in [0.1, 0.15) is 38.3 Å². The maximum absolute atomic E-state index is 4.39. The molecule has 0 aliphatic heterocycles. The zero-order chi connectivity index (χ0) is 15.1. The SMILES string of the molecule is CN=C(NCc1ccccn1)N(C)CC1CCC(C)CC1. The molecule has 1 fully saturated rings. The lowest BCUT2D eigenvalue weighted by atomic mass is 9.83. The molecule has 0 radical (unpaired) electrons. The normalized spacial score (nSPS) is 22.9. The predicted octanol–water partition coefficient (Wildman–Crippen LogP) is 2.92. The first-order valence-electron chi connectivity index (χ1n) is 8.00. The van der Waals surface area contributed by atoms with Gasteiger partial charge < -0.3 is 10.2 Å². The number of rotatable bonds is 4. The standard InChI is InChI=1S/C17H28N4/c1-14-7-9-15(10-8-14)13-21(3)17(18-2)20-12-16-6-4-5-11-19-16/h4-6,11,14-15H,7-10,12-13H2,1-3H3,(H,18,20).